The molecule has 4 rings (SSSR count). The molecule has 1 aliphatic carbocycles. The first kappa shape index (κ1) is 23.2. The number of carbonyl (C=O) groups is 1. The molecule has 2 aromatic heterocycles. The second-order valence-electron chi connectivity index (χ2n) is 8.07. The number of nitrogens with zero attached hydrogens (tertiary/aromatic N) is 4. The van der Waals surface area contributed by atoms with Crippen molar-refractivity contribution in [3.63, 3.8) is 0 Å². The van der Waals surface area contributed by atoms with Crippen LogP contribution in [-0.2, 0) is 4.74 Å². The van der Waals surface area contributed by atoms with Gasteiger partial charge in [0.1, 0.15) is 11.1 Å². The number of aromatic nitrogens is 4. The second kappa shape index (κ2) is 8.73. The van der Waals surface area contributed by atoms with Crippen molar-refractivity contribution in [1.29, 1.82) is 0 Å². The summed E-state index contributed by atoms with van der Waals surface area (Å²) in [6.45, 7) is 14.9. The number of aromatic amines is 1. The molecule has 1 saturated carbocycles. The molecule has 1 spiro atoms. The number of halogens is 1. The van der Waals surface area contributed by atoms with Crippen LogP contribution in [-0.4, -0.2) is 49.2 Å². The van der Waals surface area contributed by atoms with Crippen molar-refractivity contribution in [1.82, 2.24) is 24.4 Å². The van der Waals surface area contributed by atoms with Gasteiger partial charge in [-0.3, -0.25) is 4.57 Å². The monoisotopic (exact) mass is 425 g/mol. The Labute approximate surface area is 176 Å². The average molecular weight is 426 g/mol. The fourth-order valence-corrected chi connectivity index (χ4v) is 3.96. The Kier molecular flexibility index (Phi) is 6.98. The van der Waals surface area contributed by atoms with Gasteiger partial charge in [0.2, 0.25) is 5.28 Å². The van der Waals surface area contributed by atoms with Crippen LogP contribution >= 0.6 is 11.6 Å². The topological polar surface area (TPSA) is 93.1 Å². The number of hydrogen-bond donors (Lipinski definition) is 1. The highest BCUT2D eigenvalue weighted by Crippen LogP contribution is 2.54. The smallest absolute Gasteiger partial charge is 0.410 e. The summed E-state index contributed by atoms with van der Waals surface area (Å²) in [4.78, 5) is 36.8. The lowest BCUT2D eigenvalue weighted by atomic mass is 9.60. The maximum atomic E-state index is 12.2. The summed E-state index contributed by atoms with van der Waals surface area (Å²) in [5.41, 5.74) is 0.516. The number of H-pyrrole nitrogens is 1. The highest BCUT2D eigenvalue weighted by atomic mass is 35.5. The van der Waals surface area contributed by atoms with Crippen LogP contribution in [0.3, 0.4) is 0 Å². The molecule has 2 aromatic rings. The van der Waals surface area contributed by atoms with Gasteiger partial charge >= 0.3 is 11.8 Å². The van der Waals surface area contributed by atoms with E-state index in [-0.39, 0.29) is 28.5 Å². The molecule has 0 aromatic carbocycles. The Balaban J connectivity index is 0.000000707. The van der Waals surface area contributed by atoms with Gasteiger partial charge < -0.3 is 14.6 Å². The van der Waals surface area contributed by atoms with Crippen molar-refractivity contribution in [3.05, 3.63) is 22.0 Å². The van der Waals surface area contributed by atoms with Crippen molar-refractivity contribution in [2.24, 2.45) is 5.41 Å². The quantitative estimate of drug-likeness (QED) is 0.683. The lowest BCUT2D eigenvalue weighted by molar-refractivity contribution is -0.0906. The number of imidazole rings is 1. The maximum Gasteiger partial charge on any atom is 0.410 e. The molecule has 1 aliphatic heterocycles. The summed E-state index contributed by atoms with van der Waals surface area (Å²) in [6.07, 6.45) is 2.91. The molecule has 2 aliphatic rings. The Hall–Kier alpha value is -2.09. The van der Waals surface area contributed by atoms with Crippen molar-refractivity contribution in [2.75, 3.05) is 13.1 Å². The van der Waals surface area contributed by atoms with Crippen LogP contribution in [0.2, 0.25) is 5.28 Å². The molecule has 1 amide bonds. The summed E-state index contributed by atoms with van der Waals surface area (Å²) in [7, 11) is 0. The fraction of sp³-hybridized carbons (Fsp3) is 0.700. The normalized spacial score (nSPS) is 17.4. The molecule has 162 valence electrons. The minimum atomic E-state index is -0.488. The van der Waals surface area contributed by atoms with Crippen molar-refractivity contribution in [3.8, 4) is 0 Å². The van der Waals surface area contributed by atoms with Gasteiger partial charge in [0.25, 0.3) is 0 Å². The van der Waals surface area contributed by atoms with Crippen molar-refractivity contribution >= 4 is 28.9 Å². The minimum absolute atomic E-state index is 0.0630. The number of carbonyl (C=O) groups excluding carboxylic acids is 1. The average Bonchev–Trinajstić information content (AvgIpc) is 2.90. The van der Waals surface area contributed by atoms with Gasteiger partial charge in [-0.05, 0) is 45.2 Å². The summed E-state index contributed by atoms with van der Waals surface area (Å²) in [5.74, 6) is 0. The van der Waals surface area contributed by atoms with E-state index in [9.17, 15) is 9.59 Å². The van der Waals surface area contributed by atoms with Crippen LogP contribution in [0.4, 0.5) is 4.79 Å². The fourth-order valence-electron chi connectivity index (χ4n) is 3.83. The zero-order valence-corrected chi connectivity index (χ0v) is 19.1. The summed E-state index contributed by atoms with van der Waals surface area (Å²) in [6, 6.07) is 0.0630. The van der Waals surface area contributed by atoms with Crippen LogP contribution in [0.25, 0.3) is 11.2 Å². The van der Waals surface area contributed by atoms with Crippen molar-refractivity contribution < 1.29 is 9.53 Å². The van der Waals surface area contributed by atoms with E-state index >= 15 is 0 Å². The number of nitrogens with one attached hydrogen (secondary N) is 1. The van der Waals surface area contributed by atoms with Gasteiger partial charge in [0.15, 0.2) is 5.65 Å². The van der Waals surface area contributed by atoms with Crippen LogP contribution in [0.1, 0.15) is 67.3 Å². The molecule has 0 bridgehead atoms. The highest BCUT2D eigenvalue weighted by molar-refractivity contribution is 6.28. The number of hydrogen-bond acceptors (Lipinski definition) is 5. The summed E-state index contributed by atoms with van der Waals surface area (Å²) < 4.78 is 7.04. The molecule has 0 radical (unpaired) electrons. The van der Waals surface area contributed by atoms with E-state index in [4.69, 9.17) is 16.3 Å². The van der Waals surface area contributed by atoms with E-state index in [2.05, 4.69) is 15.0 Å². The first-order valence-electron chi connectivity index (χ1n) is 10.3. The molecule has 0 atom stereocenters. The van der Waals surface area contributed by atoms with Crippen LogP contribution in [0.5, 0.6) is 0 Å². The first-order valence-corrected chi connectivity index (χ1v) is 10.6. The highest BCUT2D eigenvalue weighted by Gasteiger charge is 2.55. The molecule has 1 N–H and O–H groups in total. The van der Waals surface area contributed by atoms with Gasteiger partial charge in [0, 0.05) is 24.5 Å². The van der Waals surface area contributed by atoms with E-state index < -0.39 is 5.60 Å². The molecule has 2 fully saturated rings. The molecule has 1 saturated heterocycles. The van der Waals surface area contributed by atoms with Gasteiger partial charge in [-0.25, -0.2) is 14.6 Å². The van der Waals surface area contributed by atoms with Gasteiger partial charge in [-0.2, -0.15) is 4.98 Å². The third-order valence-electron chi connectivity index (χ3n) is 4.83. The number of rotatable bonds is 1. The molecule has 0 unspecified atom stereocenters. The number of likely N-dealkylation sites (tertiary alicyclic amines) is 1. The van der Waals surface area contributed by atoms with E-state index in [1.807, 2.05) is 48.5 Å². The van der Waals surface area contributed by atoms with E-state index in [1.165, 1.54) is 6.20 Å². The van der Waals surface area contributed by atoms with Gasteiger partial charge in [-0.15, -0.1) is 0 Å². The largest absolute Gasteiger partial charge is 0.444 e. The van der Waals surface area contributed by atoms with E-state index in [0.29, 0.717) is 24.3 Å². The number of amides is 1. The molecule has 3 heterocycles. The standard InChI is InChI=1S/C16H20ClN5O3.2C2H6/c1-15(2,3)25-14(24)21-7-16(8-21)4-9(5-16)22-11-10(19-13(22)23)6-18-12(17)20-11;2*1-2/h6,9H,4-5,7-8H2,1-3H3,(H,19,23);2*1-2H3. The number of ether oxygens (including phenoxy) is 1. The third kappa shape index (κ3) is 4.74. The van der Waals surface area contributed by atoms with E-state index in [0.717, 1.165) is 12.8 Å². The molecular weight excluding hydrogens is 394 g/mol. The SMILES string of the molecule is CC.CC.CC(C)(C)OC(=O)N1CC2(CC(n3c(=O)[nH]c4cnc(Cl)nc43)C2)C1. The van der Waals surface area contributed by atoms with Crippen LogP contribution in [0.15, 0.2) is 11.0 Å². The predicted molar refractivity (Wildman–Crippen MR) is 114 cm³/mol. The lowest BCUT2D eigenvalue weighted by Crippen LogP contribution is -2.64. The van der Waals surface area contributed by atoms with Crippen LogP contribution in [0, 0.1) is 5.41 Å². The van der Waals surface area contributed by atoms with Crippen molar-refractivity contribution in [2.45, 2.75) is 73.0 Å². The summed E-state index contributed by atoms with van der Waals surface area (Å²) >= 11 is 5.86. The third-order valence-corrected chi connectivity index (χ3v) is 5.02. The zero-order chi connectivity index (χ0) is 22.0. The minimum Gasteiger partial charge on any atom is -0.444 e. The number of fused-ring (bicyclic) bond motifs is 1. The van der Waals surface area contributed by atoms with Gasteiger partial charge in [-0.1, -0.05) is 27.7 Å². The maximum absolute atomic E-state index is 12.2. The molecular formula is C20H32ClN5O3. The Morgan fingerprint density at radius 3 is 2.38 bits per heavy atom. The molecule has 29 heavy (non-hydrogen) atoms. The predicted octanol–water partition coefficient (Wildman–Crippen LogP) is 4.40. The Morgan fingerprint density at radius 2 is 1.83 bits per heavy atom. The summed E-state index contributed by atoms with van der Waals surface area (Å²) in [5, 5.41) is 0.119. The Morgan fingerprint density at radius 1 is 1.24 bits per heavy atom. The van der Waals surface area contributed by atoms with E-state index in [1.54, 1.807) is 9.47 Å². The first-order chi connectivity index (χ1) is 13.7. The lowest BCUT2D eigenvalue weighted by Gasteiger charge is -2.58. The van der Waals surface area contributed by atoms with Gasteiger partial charge in [0.05, 0.1) is 6.20 Å². The molecule has 9 heteroatoms. The zero-order valence-electron chi connectivity index (χ0n) is 18.4. The molecule has 8 nitrogen and oxygen atoms in total. The second-order valence-corrected chi connectivity index (χ2v) is 8.41. The Bertz CT molecular complexity index is 901. The van der Waals surface area contributed by atoms with Crippen LogP contribution < -0.4 is 5.69 Å².